The van der Waals surface area contributed by atoms with Crippen LogP contribution >= 0.6 is 0 Å². The summed E-state index contributed by atoms with van der Waals surface area (Å²) in [5.41, 5.74) is -0.738. The number of rotatable bonds is 4. The minimum atomic E-state index is -0.776. The Morgan fingerprint density at radius 3 is 2.48 bits per heavy atom. The van der Waals surface area contributed by atoms with Gasteiger partial charge in [-0.05, 0) is 37.5 Å². The molecule has 1 heterocycles. The molecule has 1 unspecified atom stereocenters. The van der Waals surface area contributed by atoms with Crippen LogP contribution in [0.15, 0.2) is 0 Å². The van der Waals surface area contributed by atoms with E-state index in [-0.39, 0.29) is 6.03 Å². The minimum Gasteiger partial charge on any atom is -0.481 e. The van der Waals surface area contributed by atoms with E-state index in [1.807, 2.05) is 6.92 Å². The van der Waals surface area contributed by atoms with Crippen LogP contribution in [0.1, 0.15) is 52.4 Å². The molecule has 2 rings (SSSR count). The molecule has 21 heavy (non-hydrogen) atoms. The number of nitrogens with zero attached hydrogens (tertiary/aromatic N) is 1. The zero-order chi connectivity index (χ0) is 15.5. The number of hydrogen-bond donors (Lipinski definition) is 2. The Balaban J connectivity index is 1.78. The maximum atomic E-state index is 12.2. The van der Waals surface area contributed by atoms with Crippen molar-refractivity contribution in [1.29, 1.82) is 0 Å². The average molecular weight is 296 g/mol. The van der Waals surface area contributed by atoms with Crippen LogP contribution in [0.5, 0.6) is 0 Å². The molecular formula is C16H28N2O3. The Morgan fingerprint density at radius 2 is 1.95 bits per heavy atom. The smallest absolute Gasteiger partial charge is 0.317 e. The van der Waals surface area contributed by atoms with Gasteiger partial charge in [0, 0.05) is 19.6 Å². The highest BCUT2D eigenvalue weighted by Gasteiger charge is 2.44. The first-order valence-electron chi connectivity index (χ1n) is 8.23. The fourth-order valence-corrected chi connectivity index (χ4v) is 3.54. The van der Waals surface area contributed by atoms with Gasteiger partial charge in [-0.2, -0.15) is 0 Å². The topological polar surface area (TPSA) is 69.6 Å². The van der Waals surface area contributed by atoms with Gasteiger partial charge in [0.15, 0.2) is 0 Å². The Kier molecular flexibility index (Phi) is 5.12. The largest absolute Gasteiger partial charge is 0.481 e. The van der Waals surface area contributed by atoms with Gasteiger partial charge in [0.05, 0.1) is 5.41 Å². The predicted molar refractivity (Wildman–Crippen MR) is 81.1 cm³/mol. The third kappa shape index (κ3) is 3.69. The van der Waals surface area contributed by atoms with E-state index in [0.717, 1.165) is 12.5 Å². The van der Waals surface area contributed by atoms with Gasteiger partial charge in [-0.3, -0.25) is 4.79 Å². The quantitative estimate of drug-likeness (QED) is 0.838. The average Bonchev–Trinajstić information content (AvgIpc) is 2.92. The number of urea groups is 1. The number of amides is 2. The van der Waals surface area contributed by atoms with Crippen LogP contribution in [0, 0.1) is 17.3 Å². The summed E-state index contributed by atoms with van der Waals surface area (Å²) in [6, 6.07) is -0.0924. The van der Waals surface area contributed by atoms with Gasteiger partial charge in [-0.15, -0.1) is 0 Å². The summed E-state index contributed by atoms with van der Waals surface area (Å²) in [4.78, 5) is 25.3. The van der Waals surface area contributed by atoms with Crippen LogP contribution < -0.4 is 5.32 Å². The lowest BCUT2D eigenvalue weighted by molar-refractivity contribution is -0.148. The van der Waals surface area contributed by atoms with Crippen molar-refractivity contribution in [2.45, 2.75) is 52.4 Å². The van der Waals surface area contributed by atoms with E-state index in [1.54, 1.807) is 4.90 Å². The molecule has 0 aromatic rings. The second kappa shape index (κ2) is 6.67. The summed E-state index contributed by atoms with van der Waals surface area (Å²) in [7, 11) is 0. The Morgan fingerprint density at radius 1 is 1.29 bits per heavy atom. The number of carboxylic acid groups (broad SMARTS) is 1. The fraction of sp³-hybridized carbons (Fsp3) is 0.875. The number of likely N-dealkylation sites (tertiary alicyclic amines) is 1. The van der Waals surface area contributed by atoms with Crippen molar-refractivity contribution in [3.05, 3.63) is 0 Å². The molecular weight excluding hydrogens is 268 g/mol. The molecule has 0 aromatic heterocycles. The van der Waals surface area contributed by atoms with Crippen molar-refractivity contribution in [3.63, 3.8) is 0 Å². The van der Waals surface area contributed by atoms with E-state index in [2.05, 4.69) is 12.2 Å². The number of hydrogen-bond acceptors (Lipinski definition) is 2. The molecule has 5 heteroatoms. The molecule has 0 spiro atoms. The normalized spacial score (nSPS) is 33.0. The van der Waals surface area contributed by atoms with Crippen molar-refractivity contribution < 1.29 is 14.7 Å². The highest BCUT2D eigenvalue weighted by molar-refractivity contribution is 5.79. The van der Waals surface area contributed by atoms with Gasteiger partial charge in [-0.1, -0.05) is 26.7 Å². The van der Waals surface area contributed by atoms with Crippen molar-refractivity contribution in [1.82, 2.24) is 10.2 Å². The molecule has 0 radical (unpaired) electrons. The van der Waals surface area contributed by atoms with Crippen molar-refractivity contribution >= 4 is 12.0 Å². The Bertz CT molecular complexity index is 391. The molecule has 1 aliphatic heterocycles. The van der Waals surface area contributed by atoms with E-state index in [4.69, 9.17) is 0 Å². The third-order valence-electron chi connectivity index (χ3n) is 5.45. The van der Waals surface area contributed by atoms with Gasteiger partial charge >= 0.3 is 12.0 Å². The monoisotopic (exact) mass is 296 g/mol. The molecule has 5 nitrogen and oxygen atoms in total. The van der Waals surface area contributed by atoms with Crippen LogP contribution in [0.2, 0.25) is 0 Å². The number of nitrogens with one attached hydrogen (secondary N) is 1. The summed E-state index contributed by atoms with van der Waals surface area (Å²) < 4.78 is 0. The first-order chi connectivity index (χ1) is 9.97. The molecule has 2 N–H and O–H groups in total. The summed E-state index contributed by atoms with van der Waals surface area (Å²) in [6.07, 6.45) is 6.02. The lowest BCUT2D eigenvalue weighted by Gasteiger charge is -2.27. The number of aliphatic carboxylic acids is 1. The second-order valence-corrected chi connectivity index (χ2v) is 6.92. The number of carbonyl (C=O) groups excluding carboxylic acids is 1. The molecule has 2 fully saturated rings. The number of carboxylic acids is 1. The van der Waals surface area contributed by atoms with Crippen molar-refractivity contribution in [2.75, 3.05) is 19.6 Å². The standard InChI is InChI=1S/C16H28N2O3/c1-3-16(14(19)20)8-9-18(11-16)15(21)17-10-13-6-4-12(2)5-7-13/h12-13H,3-11H2,1-2H3,(H,17,21)(H,19,20). The lowest BCUT2D eigenvalue weighted by atomic mass is 9.83. The Labute approximate surface area is 127 Å². The molecule has 1 aliphatic carbocycles. The Hall–Kier alpha value is -1.26. The predicted octanol–water partition coefficient (Wildman–Crippen LogP) is 2.71. The van der Waals surface area contributed by atoms with E-state index in [9.17, 15) is 14.7 Å². The van der Waals surface area contributed by atoms with E-state index >= 15 is 0 Å². The zero-order valence-electron chi connectivity index (χ0n) is 13.2. The first kappa shape index (κ1) is 16.1. The summed E-state index contributed by atoms with van der Waals surface area (Å²) in [6.45, 7) is 5.79. The second-order valence-electron chi connectivity index (χ2n) is 6.92. The molecule has 1 atom stereocenters. The van der Waals surface area contributed by atoms with Crippen LogP contribution in [0.4, 0.5) is 4.79 Å². The molecule has 2 aliphatic rings. The number of carbonyl (C=O) groups is 2. The van der Waals surface area contributed by atoms with Crippen molar-refractivity contribution in [2.24, 2.45) is 17.3 Å². The van der Waals surface area contributed by atoms with E-state index in [1.165, 1.54) is 25.7 Å². The molecule has 120 valence electrons. The summed E-state index contributed by atoms with van der Waals surface area (Å²) in [5, 5.41) is 12.4. The third-order valence-corrected chi connectivity index (χ3v) is 5.45. The van der Waals surface area contributed by atoms with E-state index in [0.29, 0.717) is 31.8 Å². The maximum Gasteiger partial charge on any atom is 0.317 e. The van der Waals surface area contributed by atoms with Gasteiger partial charge in [0.25, 0.3) is 0 Å². The van der Waals surface area contributed by atoms with Crippen LogP contribution in [-0.4, -0.2) is 41.6 Å². The highest BCUT2D eigenvalue weighted by Crippen LogP contribution is 2.34. The molecule has 1 saturated heterocycles. The van der Waals surface area contributed by atoms with E-state index < -0.39 is 11.4 Å². The highest BCUT2D eigenvalue weighted by atomic mass is 16.4. The van der Waals surface area contributed by atoms with Crippen LogP contribution in [-0.2, 0) is 4.79 Å². The molecule has 2 amide bonds. The van der Waals surface area contributed by atoms with Crippen molar-refractivity contribution in [3.8, 4) is 0 Å². The molecule has 1 saturated carbocycles. The summed E-state index contributed by atoms with van der Waals surface area (Å²) >= 11 is 0. The molecule has 0 aromatic carbocycles. The maximum absolute atomic E-state index is 12.2. The van der Waals surface area contributed by atoms with Crippen LogP contribution in [0.25, 0.3) is 0 Å². The van der Waals surface area contributed by atoms with Gasteiger partial charge in [-0.25, -0.2) is 4.79 Å². The SMILES string of the molecule is CCC1(C(=O)O)CCN(C(=O)NCC2CCC(C)CC2)C1. The fourth-order valence-electron chi connectivity index (χ4n) is 3.54. The van der Waals surface area contributed by atoms with Gasteiger partial charge in [0.2, 0.25) is 0 Å². The molecule has 0 bridgehead atoms. The lowest BCUT2D eigenvalue weighted by Crippen LogP contribution is -2.43. The van der Waals surface area contributed by atoms with Crippen LogP contribution in [0.3, 0.4) is 0 Å². The van der Waals surface area contributed by atoms with Gasteiger partial charge < -0.3 is 15.3 Å². The summed E-state index contributed by atoms with van der Waals surface area (Å²) in [5.74, 6) is 0.626. The minimum absolute atomic E-state index is 0.0924. The zero-order valence-corrected chi connectivity index (χ0v) is 13.2. The van der Waals surface area contributed by atoms with Gasteiger partial charge in [0.1, 0.15) is 0 Å². The first-order valence-corrected chi connectivity index (χ1v) is 8.23.